The van der Waals surface area contributed by atoms with Crippen molar-refractivity contribution < 1.29 is 14.3 Å². The Labute approximate surface area is 102 Å². The maximum absolute atomic E-state index is 11.8. The minimum absolute atomic E-state index is 0.0335. The molecule has 4 atom stereocenters. The van der Waals surface area contributed by atoms with Gasteiger partial charge in [-0.3, -0.25) is 14.5 Å². The molecule has 4 heteroatoms. The largest absolute Gasteiger partial charge is 0.354 e. The highest BCUT2D eigenvalue weighted by molar-refractivity contribution is 6.06. The molecule has 1 unspecified atom stereocenters. The van der Waals surface area contributed by atoms with Crippen molar-refractivity contribution in [2.45, 2.75) is 45.9 Å². The van der Waals surface area contributed by atoms with Crippen LogP contribution < -0.4 is 0 Å². The molecule has 0 N–H and O–H groups in total. The molecule has 94 valence electrons. The van der Waals surface area contributed by atoms with Gasteiger partial charge in [0.15, 0.2) is 5.78 Å². The molecule has 0 aromatic heterocycles. The number of carbonyl (C=O) groups is 2. The molecule has 2 aliphatic heterocycles. The molecule has 0 spiro atoms. The van der Waals surface area contributed by atoms with Crippen LogP contribution in [0.1, 0.15) is 33.6 Å². The lowest BCUT2D eigenvalue weighted by Gasteiger charge is -2.30. The lowest BCUT2D eigenvalue weighted by atomic mass is 9.91. The van der Waals surface area contributed by atoms with Gasteiger partial charge in [0, 0.05) is 12.1 Å². The summed E-state index contributed by atoms with van der Waals surface area (Å²) in [7, 11) is 0. The van der Waals surface area contributed by atoms with Gasteiger partial charge in [0.2, 0.25) is 5.91 Å². The summed E-state index contributed by atoms with van der Waals surface area (Å²) in [6.45, 7) is 6.35. The molecule has 0 aliphatic carbocycles. The number of allylic oxidation sites excluding steroid dienone is 1. The van der Waals surface area contributed by atoms with E-state index in [2.05, 4.69) is 20.8 Å². The van der Waals surface area contributed by atoms with E-state index >= 15 is 0 Å². The lowest BCUT2D eigenvalue weighted by Crippen LogP contribution is -2.42. The van der Waals surface area contributed by atoms with E-state index in [1.165, 1.54) is 6.08 Å². The Morgan fingerprint density at radius 1 is 1.35 bits per heavy atom. The average Bonchev–Trinajstić information content (AvgIpc) is 2.57. The van der Waals surface area contributed by atoms with Crippen LogP contribution in [0.5, 0.6) is 0 Å². The van der Waals surface area contributed by atoms with E-state index < -0.39 is 0 Å². The minimum Gasteiger partial charge on any atom is -0.354 e. The Kier molecular flexibility index (Phi) is 3.33. The summed E-state index contributed by atoms with van der Waals surface area (Å²) in [5, 5.41) is 0. The summed E-state index contributed by atoms with van der Waals surface area (Å²) >= 11 is 0. The smallest absolute Gasteiger partial charge is 0.236 e. The van der Waals surface area contributed by atoms with Crippen LogP contribution in [-0.4, -0.2) is 28.9 Å². The summed E-state index contributed by atoms with van der Waals surface area (Å²) in [4.78, 5) is 24.5. The summed E-state index contributed by atoms with van der Waals surface area (Å²) in [5.74, 6) is 0.445. The molecule has 4 nitrogen and oxygen atoms in total. The van der Waals surface area contributed by atoms with Gasteiger partial charge < -0.3 is 4.74 Å². The monoisotopic (exact) mass is 237 g/mol. The predicted molar refractivity (Wildman–Crippen MR) is 62.9 cm³/mol. The molecule has 1 saturated heterocycles. The van der Waals surface area contributed by atoms with E-state index in [9.17, 15) is 9.59 Å². The van der Waals surface area contributed by atoms with E-state index in [-0.39, 0.29) is 30.4 Å². The van der Waals surface area contributed by atoms with Crippen LogP contribution in [0.4, 0.5) is 0 Å². The van der Waals surface area contributed by atoms with Gasteiger partial charge in [0.25, 0.3) is 0 Å². The quantitative estimate of drug-likeness (QED) is 0.687. The maximum atomic E-state index is 11.8. The number of hydrogen-bond donors (Lipinski definition) is 0. The number of nitrogens with zero attached hydrogens (tertiary/aromatic N) is 1. The van der Waals surface area contributed by atoms with Gasteiger partial charge in [-0.2, -0.15) is 0 Å². The molecule has 0 bridgehead atoms. The predicted octanol–water partition coefficient (Wildman–Crippen LogP) is 1.71. The Morgan fingerprint density at radius 2 is 2.06 bits per heavy atom. The van der Waals surface area contributed by atoms with Crippen LogP contribution >= 0.6 is 0 Å². The van der Waals surface area contributed by atoms with Crippen LogP contribution in [0, 0.1) is 11.8 Å². The van der Waals surface area contributed by atoms with E-state index in [1.54, 1.807) is 11.1 Å². The molecule has 2 rings (SSSR count). The van der Waals surface area contributed by atoms with Crippen LogP contribution in [0.3, 0.4) is 0 Å². The Morgan fingerprint density at radius 3 is 2.59 bits per heavy atom. The van der Waals surface area contributed by atoms with Crippen molar-refractivity contribution in [3.8, 4) is 0 Å². The number of ketones is 1. The summed E-state index contributed by atoms with van der Waals surface area (Å²) in [5.41, 5.74) is 0. The van der Waals surface area contributed by atoms with Gasteiger partial charge in [0.05, 0.1) is 12.5 Å². The highest BCUT2D eigenvalue weighted by Gasteiger charge is 2.42. The molecule has 17 heavy (non-hydrogen) atoms. The van der Waals surface area contributed by atoms with Crippen LogP contribution in [0.25, 0.3) is 0 Å². The zero-order chi connectivity index (χ0) is 12.6. The van der Waals surface area contributed by atoms with Crippen LogP contribution in [0.15, 0.2) is 12.3 Å². The van der Waals surface area contributed by atoms with Gasteiger partial charge in [-0.1, -0.05) is 20.8 Å². The molecule has 2 heterocycles. The van der Waals surface area contributed by atoms with Gasteiger partial charge >= 0.3 is 0 Å². The standard InChI is InChI=1S/C13H19NO3/c1-4-11-8(2)9(3)13(17-11)14-6-5-10(15)7-12(14)16/h5-6,8-9,11,13H,4,7H2,1-3H3/t8-,9?,11+,13+/m0/s1. The third-order valence-electron chi connectivity index (χ3n) is 3.89. The molecule has 0 aromatic rings. The van der Waals surface area contributed by atoms with E-state index in [0.717, 1.165) is 6.42 Å². The first-order valence-electron chi connectivity index (χ1n) is 6.22. The molecular formula is C13H19NO3. The van der Waals surface area contributed by atoms with E-state index in [0.29, 0.717) is 11.8 Å². The second-order valence-corrected chi connectivity index (χ2v) is 4.95. The SMILES string of the molecule is CC[C@H]1O[C@@H](N2C=CC(=O)CC2=O)C(C)[C@@H]1C. The van der Waals surface area contributed by atoms with Gasteiger partial charge in [-0.15, -0.1) is 0 Å². The number of carbonyl (C=O) groups excluding carboxylic acids is 2. The summed E-state index contributed by atoms with van der Waals surface area (Å²) < 4.78 is 5.92. The minimum atomic E-state index is -0.216. The number of hydrogen-bond acceptors (Lipinski definition) is 3. The third-order valence-corrected chi connectivity index (χ3v) is 3.89. The molecule has 0 aromatic carbocycles. The van der Waals surface area contributed by atoms with E-state index in [1.807, 2.05) is 0 Å². The van der Waals surface area contributed by atoms with Crippen molar-refractivity contribution in [1.82, 2.24) is 4.90 Å². The molecule has 0 saturated carbocycles. The van der Waals surface area contributed by atoms with Crippen molar-refractivity contribution in [1.29, 1.82) is 0 Å². The fraction of sp³-hybridized carbons (Fsp3) is 0.692. The lowest BCUT2D eigenvalue weighted by molar-refractivity contribution is -0.144. The van der Waals surface area contributed by atoms with Crippen molar-refractivity contribution in [3.05, 3.63) is 12.3 Å². The molecule has 1 fully saturated rings. The van der Waals surface area contributed by atoms with Gasteiger partial charge in [-0.25, -0.2) is 0 Å². The van der Waals surface area contributed by atoms with Crippen molar-refractivity contribution >= 4 is 11.7 Å². The topological polar surface area (TPSA) is 46.6 Å². The second-order valence-electron chi connectivity index (χ2n) is 4.95. The molecule has 0 radical (unpaired) electrons. The summed E-state index contributed by atoms with van der Waals surface area (Å²) in [6, 6.07) is 0. The number of ether oxygens (including phenoxy) is 1. The second kappa shape index (κ2) is 4.61. The first-order chi connectivity index (χ1) is 8.04. The normalized spacial score (nSPS) is 37.9. The molecular weight excluding hydrogens is 218 g/mol. The maximum Gasteiger partial charge on any atom is 0.236 e. The highest BCUT2D eigenvalue weighted by atomic mass is 16.5. The van der Waals surface area contributed by atoms with Gasteiger partial charge in [-0.05, 0) is 18.4 Å². The van der Waals surface area contributed by atoms with E-state index in [4.69, 9.17) is 4.74 Å². The average molecular weight is 237 g/mol. The Balaban J connectivity index is 2.16. The third kappa shape index (κ3) is 2.14. The number of rotatable bonds is 2. The molecule has 1 amide bonds. The zero-order valence-corrected chi connectivity index (χ0v) is 10.6. The van der Waals surface area contributed by atoms with Gasteiger partial charge in [0.1, 0.15) is 6.23 Å². The van der Waals surface area contributed by atoms with Crippen LogP contribution in [-0.2, 0) is 14.3 Å². The van der Waals surface area contributed by atoms with Crippen molar-refractivity contribution in [2.75, 3.05) is 0 Å². The highest BCUT2D eigenvalue weighted by Crippen LogP contribution is 2.36. The fourth-order valence-electron chi connectivity index (χ4n) is 2.58. The summed E-state index contributed by atoms with van der Waals surface area (Å²) in [6.07, 6.45) is 3.93. The Hall–Kier alpha value is -1.16. The van der Waals surface area contributed by atoms with Crippen molar-refractivity contribution in [2.24, 2.45) is 11.8 Å². The van der Waals surface area contributed by atoms with Crippen LogP contribution in [0.2, 0.25) is 0 Å². The van der Waals surface area contributed by atoms with Crippen molar-refractivity contribution in [3.63, 3.8) is 0 Å². The Bertz CT molecular complexity index is 364. The molecule has 2 aliphatic rings. The number of amides is 1. The first-order valence-corrected chi connectivity index (χ1v) is 6.22. The zero-order valence-electron chi connectivity index (χ0n) is 10.6. The first kappa shape index (κ1) is 12.3. The fourth-order valence-corrected chi connectivity index (χ4v) is 2.58.